The van der Waals surface area contributed by atoms with Crippen LogP contribution in [-0.4, -0.2) is 67.9 Å². The Hall–Kier alpha value is -2.70. The van der Waals surface area contributed by atoms with Gasteiger partial charge in [0.2, 0.25) is 5.91 Å². The smallest absolute Gasteiger partial charge is 0.240 e. The van der Waals surface area contributed by atoms with E-state index >= 15 is 0 Å². The topological polar surface area (TPSA) is 48.4 Å². The number of carbonyl (C=O) groups excluding carboxylic acids is 1. The van der Waals surface area contributed by atoms with E-state index in [2.05, 4.69) is 16.8 Å². The van der Waals surface area contributed by atoms with Gasteiger partial charge in [0.25, 0.3) is 0 Å². The zero-order valence-corrected chi connectivity index (χ0v) is 19.7. The molecule has 2 heterocycles. The first-order chi connectivity index (χ1) is 16.1. The van der Waals surface area contributed by atoms with Crippen LogP contribution >= 0.6 is 0 Å². The van der Waals surface area contributed by atoms with Gasteiger partial charge in [-0.3, -0.25) is 14.6 Å². The number of anilines is 1. The molecule has 1 aliphatic carbocycles. The van der Waals surface area contributed by atoms with E-state index in [0.29, 0.717) is 0 Å². The molecular weight excluding hydrogens is 412 g/mol. The van der Waals surface area contributed by atoms with E-state index in [9.17, 15) is 4.79 Å². The van der Waals surface area contributed by atoms with E-state index < -0.39 is 5.41 Å². The monoisotopic (exact) mass is 446 g/mol. The molecule has 1 amide bonds. The molecule has 0 unspecified atom stereocenters. The van der Waals surface area contributed by atoms with Crippen LogP contribution in [0.25, 0.3) is 0 Å². The lowest BCUT2D eigenvalue weighted by Crippen LogP contribution is -2.57. The van der Waals surface area contributed by atoms with E-state index in [1.54, 1.807) is 7.11 Å². The molecule has 174 valence electrons. The molecule has 5 rings (SSSR count). The molecule has 3 aliphatic rings. The van der Waals surface area contributed by atoms with Gasteiger partial charge in [-0.25, -0.2) is 4.99 Å². The average molecular weight is 447 g/mol. The highest BCUT2D eigenvalue weighted by Gasteiger charge is 2.60. The molecule has 0 radical (unpaired) electrons. The number of amides is 1. The summed E-state index contributed by atoms with van der Waals surface area (Å²) < 4.78 is 5.34. The number of carbonyl (C=O) groups is 1. The fourth-order valence-corrected chi connectivity index (χ4v) is 5.80. The quantitative estimate of drug-likeness (QED) is 0.701. The average Bonchev–Trinajstić information content (AvgIpc) is 3.08. The van der Waals surface area contributed by atoms with E-state index in [1.807, 2.05) is 59.5 Å². The second kappa shape index (κ2) is 9.27. The lowest BCUT2D eigenvalue weighted by molar-refractivity contribution is -0.130. The minimum absolute atomic E-state index is 0.00121. The number of nitrogens with zero attached hydrogens (tertiary/aromatic N) is 4. The maximum atomic E-state index is 14.3. The molecule has 1 saturated carbocycles. The fraction of sp³-hybridized carbons (Fsp3) is 0.481. The van der Waals surface area contributed by atoms with Crippen LogP contribution in [0.1, 0.15) is 32.1 Å². The first-order valence-corrected chi connectivity index (χ1v) is 12.2. The lowest BCUT2D eigenvalue weighted by Gasteiger charge is -2.44. The Bertz CT molecular complexity index is 991. The van der Waals surface area contributed by atoms with Crippen LogP contribution in [0.2, 0.25) is 0 Å². The van der Waals surface area contributed by atoms with Crippen LogP contribution in [0.4, 0.5) is 11.4 Å². The molecule has 2 aromatic rings. The number of rotatable bonds is 4. The van der Waals surface area contributed by atoms with Crippen molar-refractivity contribution in [2.45, 2.75) is 38.1 Å². The van der Waals surface area contributed by atoms with Crippen molar-refractivity contribution in [1.29, 1.82) is 0 Å². The third-order valence-electron chi connectivity index (χ3n) is 7.61. The number of hydrogen-bond donors (Lipinski definition) is 0. The molecule has 1 spiro atoms. The minimum atomic E-state index is -0.394. The number of piperazine rings is 1. The number of para-hydroxylation sites is 1. The number of amidine groups is 1. The van der Waals surface area contributed by atoms with Gasteiger partial charge >= 0.3 is 0 Å². The summed E-state index contributed by atoms with van der Waals surface area (Å²) in [6.45, 7) is 3.95. The summed E-state index contributed by atoms with van der Waals surface area (Å²) in [6, 6.07) is 17.9. The van der Waals surface area contributed by atoms with Crippen molar-refractivity contribution in [2.24, 2.45) is 10.4 Å². The summed E-state index contributed by atoms with van der Waals surface area (Å²) in [5.74, 6) is 1.91. The molecule has 0 N–H and O–H groups in total. The second-order valence-electron chi connectivity index (χ2n) is 9.60. The van der Waals surface area contributed by atoms with Crippen LogP contribution in [0.3, 0.4) is 0 Å². The van der Waals surface area contributed by atoms with Gasteiger partial charge in [0, 0.05) is 26.2 Å². The highest BCUT2D eigenvalue weighted by molar-refractivity contribution is 6.27. The second-order valence-corrected chi connectivity index (χ2v) is 9.60. The molecule has 0 bridgehead atoms. The molecule has 6 nitrogen and oxygen atoms in total. The molecule has 6 heteroatoms. The Morgan fingerprint density at radius 3 is 2.21 bits per heavy atom. The van der Waals surface area contributed by atoms with Crippen molar-refractivity contribution in [3.8, 4) is 5.75 Å². The zero-order valence-electron chi connectivity index (χ0n) is 19.7. The van der Waals surface area contributed by atoms with Gasteiger partial charge in [-0.1, -0.05) is 37.5 Å². The molecule has 33 heavy (non-hydrogen) atoms. The van der Waals surface area contributed by atoms with Gasteiger partial charge < -0.3 is 9.64 Å². The highest BCUT2D eigenvalue weighted by Crippen LogP contribution is 2.49. The van der Waals surface area contributed by atoms with Crippen LogP contribution in [0.5, 0.6) is 5.75 Å². The van der Waals surface area contributed by atoms with E-state index in [4.69, 9.17) is 9.73 Å². The van der Waals surface area contributed by atoms with Gasteiger partial charge in [0.1, 0.15) is 11.6 Å². The van der Waals surface area contributed by atoms with Gasteiger partial charge in [-0.05, 0) is 56.3 Å². The predicted molar refractivity (Wildman–Crippen MR) is 132 cm³/mol. The van der Waals surface area contributed by atoms with Crippen molar-refractivity contribution >= 4 is 23.1 Å². The number of ether oxygens (including phenoxy) is 1. The maximum Gasteiger partial charge on any atom is 0.240 e. The minimum Gasteiger partial charge on any atom is -0.497 e. The first kappa shape index (κ1) is 22.1. The molecule has 2 saturated heterocycles. The fourth-order valence-electron chi connectivity index (χ4n) is 5.80. The van der Waals surface area contributed by atoms with Crippen molar-refractivity contribution in [2.75, 3.05) is 45.2 Å². The normalized spacial score (nSPS) is 25.2. The van der Waals surface area contributed by atoms with Crippen LogP contribution in [0, 0.1) is 5.41 Å². The summed E-state index contributed by atoms with van der Waals surface area (Å²) >= 11 is 0. The molecule has 1 atom stereocenters. The zero-order chi connectivity index (χ0) is 22.8. The van der Waals surface area contributed by atoms with Crippen molar-refractivity contribution < 1.29 is 9.53 Å². The summed E-state index contributed by atoms with van der Waals surface area (Å²) in [7, 11) is 3.85. The maximum absolute atomic E-state index is 14.3. The first-order valence-electron chi connectivity index (χ1n) is 12.2. The van der Waals surface area contributed by atoms with Crippen LogP contribution < -0.4 is 9.64 Å². The Morgan fingerprint density at radius 1 is 0.909 bits per heavy atom. The summed E-state index contributed by atoms with van der Waals surface area (Å²) in [5, 5.41) is 0. The van der Waals surface area contributed by atoms with E-state index in [0.717, 1.165) is 74.8 Å². The third-order valence-corrected chi connectivity index (χ3v) is 7.61. The molecule has 0 aromatic heterocycles. The molecular formula is C27H34N4O2. The van der Waals surface area contributed by atoms with Crippen LogP contribution in [0.15, 0.2) is 59.6 Å². The number of benzene rings is 2. The number of likely N-dealkylation sites (N-methyl/N-ethyl adjacent to an activating group) is 1. The lowest BCUT2D eigenvalue weighted by atomic mass is 9.69. The summed E-state index contributed by atoms with van der Waals surface area (Å²) in [5.41, 5.74) is 1.37. The summed E-state index contributed by atoms with van der Waals surface area (Å²) in [6.07, 6.45) is 5.30. The van der Waals surface area contributed by atoms with E-state index in [1.165, 1.54) is 6.42 Å². The number of aliphatic imine (C=N–C) groups is 1. The Labute approximate surface area is 196 Å². The largest absolute Gasteiger partial charge is 0.497 e. The van der Waals surface area contributed by atoms with Crippen molar-refractivity contribution in [3.63, 3.8) is 0 Å². The highest BCUT2D eigenvalue weighted by atomic mass is 16.5. The van der Waals surface area contributed by atoms with Gasteiger partial charge in [-0.15, -0.1) is 0 Å². The van der Waals surface area contributed by atoms with E-state index in [-0.39, 0.29) is 11.9 Å². The molecule has 2 aromatic carbocycles. The number of methoxy groups -OCH3 is 1. The standard InChI is InChI=1S/C27H34N4O2/c1-29-17-19-30(20-18-29)24-25(28-21-11-13-23(33-2)14-12-21)31(22-9-5-3-6-10-22)26(32)27(24)15-7-4-8-16-27/h3,5-6,9-14,24H,4,7-8,15-20H2,1-2H3/t24-/m1/s1. The van der Waals surface area contributed by atoms with Crippen molar-refractivity contribution in [1.82, 2.24) is 9.80 Å². The summed E-state index contributed by atoms with van der Waals surface area (Å²) in [4.78, 5) is 26.3. The van der Waals surface area contributed by atoms with Gasteiger partial charge in [-0.2, -0.15) is 0 Å². The Morgan fingerprint density at radius 2 is 1.58 bits per heavy atom. The third kappa shape index (κ3) is 4.06. The Balaban J connectivity index is 1.64. The molecule has 2 aliphatic heterocycles. The SMILES string of the molecule is COc1ccc(N=C2[C@@H](N3CCN(C)CC3)C3(CCCCC3)C(=O)N2c2ccccc2)cc1. The van der Waals surface area contributed by atoms with Crippen LogP contribution in [-0.2, 0) is 4.79 Å². The van der Waals surface area contributed by atoms with Gasteiger partial charge in [0.15, 0.2) is 0 Å². The predicted octanol–water partition coefficient (Wildman–Crippen LogP) is 4.34. The van der Waals surface area contributed by atoms with Crippen molar-refractivity contribution in [3.05, 3.63) is 54.6 Å². The Kier molecular flexibility index (Phi) is 6.21. The molecule has 3 fully saturated rings. The number of hydrogen-bond acceptors (Lipinski definition) is 5. The van der Waals surface area contributed by atoms with Gasteiger partial charge in [0.05, 0.1) is 29.9 Å².